The first kappa shape index (κ1) is 14.0. The first-order valence-corrected chi connectivity index (χ1v) is 7.08. The molecule has 0 unspecified atom stereocenters. The van der Waals surface area contributed by atoms with Gasteiger partial charge in [0.15, 0.2) is 0 Å². The number of hydrogen-bond donors (Lipinski definition) is 1. The lowest BCUT2D eigenvalue weighted by atomic mass is 10.2. The van der Waals surface area contributed by atoms with Crippen LogP contribution >= 0.6 is 11.5 Å². The van der Waals surface area contributed by atoms with Crippen LogP contribution in [-0.2, 0) is 4.79 Å². The van der Waals surface area contributed by atoms with Crippen LogP contribution in [0.2, 0.25) is 0 Å². The molecule has 1 aliphatic heterocycles. The molecule has 0 spiro atoms. The second-order valence-electron chi connectivity index (χ2n) is 4.56. The molecule has 2 amide bonds. The van der Waals surface area contributed by atoms with Gasteiger partial charge in [0.1, 0.15) is 0 Å². The molecule has 2 rings (SSSR count). The molecule has 0 atom stereocenters. The van der Waals surface area contributed by atoms with Gasteiger partial charge in [0, 0.05) is 38.6 Å². The Morgan fingerprint density at radius 1 is 1.37 bits per heavy atom. The van der Waals surface area contributed by atoms with E-state index in [-0.39, 0.29) is 11.8 Å². The first-order chi connectivity index (χ1) is 9.11. The molecule has 1 fully saturated rings. The van der Waals surface area contributed by atoms with Crippen molar-refractivity contribution in [2.24, 2.45) is 0 Å². The number of hydrogen-bond acceptors (Lipinski definition) is 5. The lowest BCUT2D eigenvalue weighted by Gasteiger charge is -2.34. The minimum absolute atomic E-state index is 0.0117. The Balaban J connectivity index is 1.88. The topological polar surface area (TPSA) is 65.5 Å². The Labute approximate surface area is 116 Å². The van der Waals surface area contributed by atoms with Gasteiger partial charge in [0.05, 0.1) is 17.8 Å². The lowest BCUT2D eigenvalue weighted by molar-refractivity contribution is -0.122. The number of likely N-dealkylation sites (N-methyl/N-ethyl adjacent to an activating group) is 1. The third kappa shape index (κ3) is 3.30. The number of aryl methyl sites for hydroxylation is 1. The van der Waals surface area contributed by atoms with Gasteiger partial charge in [-0.15, -0.1) is 0 Å². The van der Waals surface area contributed by atoms with Crippen molar-refractivity contribution in [3.63, 3.8) is 0 Å². The molecule has 1 N–H and O–H groups in total. The van der Waals surface area contributed by atoms with Crippen LogP contribution in [0.1, 0.15) is 16.1 Å². The van der Waals surface area contributed by atoms with Crippen LogP contribution in [0.3, 0.4) is 0 Å². The van der Waals surface area contributed by atoms with E-state index < -0.39 is 0 Å². The number of rotatable bonds is 3. The number of nitrogens with one attached hydrogen (secondary N) is 1. The zero-order valence-corrected chi connectivity index (χ0v) is 12.0. The number of aromatic nitrogens is 1. The molecular formula is C12H18N4O2S. The molecule has 19 heavy (non-hydrogen) atoms. The van der Waals surface area contributed by atoms with Gasteiger partial charge in [0.25, 0.3) is 5.91 Å². The summed E-state index contributed by atoms with van der Waals surface area (Å²) >= 11 is 1.31. The van der Waals surface area contributed by atoms with Crippen molar-refractivity contribution in [1.82, 2.24) is 19.5 Å². The maximum atomic E-state index is 12.3. The summed E-state index contributed by atoms with van der Waals surface area (Å²) in [5, 5.41) is 4.41. The second-order valence-corrected chi connectivity index (χ2v) is 5.18. The maximum absolute atomic E-state index is 12.3. The van der Waals surface area contributed by atoms with Crippen LogP contribution in [0.4, 0.5) is 0 Å². The van der Waals surface area contributed by atoms with E-state index in [2.05, 4.69) is 14.6 Å². The average molecular weight is 282 g/mol. The molecule has 0 radical (unpaired) electrons. The van der Waals surface area contributed by atoms with E-state index in [1.807, 2.05) is 11.8 Å². The third-order valence-corrected chi connectivity index (χ3v) is 4.01. The molecule has 1 aliphatic rings. The molecule has 1 saturated heterocycles. The molecule has 6 nitrogen and oxygen atoms in total. The fourth-order valence-electron chi connectivity index (χ4n) is 2.06. The van der Waals surface area contributed by atoms with Crippen molar-refractivity contribution in [3.05, 3.63) is 16.6 Å². The van der Waals surface area contributed by atoms with E-state index in [1.165, 1.54) is 11.5 Å². The number of amides is 2. The van der Waals surface area contributed by atoms with E-state index in [1.54, 1.807) is 12.4 Å². The van der Waals surface area contributed by atoms with Crippen LogP contribution < -0.4 is 5.32 Å². The van der Waals surface area contributed by atoms with Crippen molar-refractivity contribution in [1.29, 1.82) is 0 Å². The monoisotopic (exact) mass is 282 g/mol. The molecule has 104 valence electrons. The van der Waals surface area contributed by atoms with Crippen molar-refractivity contribution in [2.75, 3.05) is 39.8 Å². The van der Waals surface area contributed by atoms with E-state index in [9.17, 15) is 9.59 Å². The highest BCUT2D eigenvalue weighted by molar-refractivity contribution is 7.03. The quantitative estimate of drug-likeness (QED) is 0.844. The van der Waals surface area contributed by atoms with Gasteiger partial charge < -0.3 is 10.2 Å². The fraction of sp³-hybridized carbons (Fsp3) is 0.583. The van der Waals surface area contributed by atoms with Crippen molar-refractivity contribution < 1.29 is 9.59 Å². The molecular weight excluding hydrogens is 264 g/mol. The van der Waals surface area contributed by atoms with Gasteiger partial charge in [-0.1, -0.05) is 0 Å². The summed E-state index contributed by atoms with van der Waals surface area (Å²) in [7, 11) is 1.63. The smallest absolute Gasteiger partial charge is 0.256 e. The van der Waals surface area contributed by atoms with Gasteiger partial charge in [-0.05, 0) is 18.5 Å². The summed E-state index contributed by atoms with van der Waals surface area (Å²) in [6, 6.07) is 0. The highest BCUT2D eigenvalue weighted by atomic mass is 32.1. The van der Waals surface area contributed by atoms with Crippen LogP contribution in [0.25, 0.3) is 0 Å². The zero-order chi connectivity index (χ0) is 13.8. The molecule has 0 bridgehead atoms. The Kier molecular flexibility index (Phi) is 4.49. The number of nitrogens with zero attached hydrogens (tertiary/aromatic N) is 3. The molecule has 1 aromatic rings. The molecule has 0 saturated carbocycles. The molecule has 0 aromatic carbocycles. The van der Waals surface area contributed by atoms with E-state index >= 15 is 0 Å². The number of piperazine rings is 1. The Bertz CT molecular complexity index is 466. The van der Waals surface area contributed by atoms with Gasteiger partial charge >= 0.3 is 0 Å². The summed E-state index contributed by atoms with van der Waals surface area (Å²) in [6.45, 7) is 5.03. The summed E-state index contributed by atoms with van der Waals surface area (Å²) in [6.07, 6.45) is 0. The molecule has 0 aliphatic carbocycles. The standard InChI is InChI=1S/C12H18N4O2S/c1-9-10(8-19-14-9)12(18)16-5-3-15(4-6-16)7-11(17)13-2/h8H,3-7H2,1-2H3,(H,13,17). The minimum atomic E-state index is 0.0117. The number of carbonyl (C=O) groups excluding carboxylic acids is 2. The van der Waals surface area contributed by atoms with Crippen molar-refractivity contribution in [3.8, 4) is 0 Å². The first-order valence-electron chi connectivity index (χ1n) is 6.25. The number of carbonyl (C=O) groups is 2. The highest BCUT2D eigenvalue weighted by Crippen LogP contribution is 2.14. The lowest BCUT2D eigenvalue weighted by Crippen LogP contribution is -2.50. The summed E-state index contributed by atoms with van der Waals surface area (Å²) in [5.74, 6) is 0.0588. The largest absolute Gasteiger partial charge is 0.358 e. The second kappa shape index (κ2) is 6.12. The summed E-state index contributed by atoms with van der Waals surface area (Å²) < 4.78 is 4.13. The predicted molar refractivity (Wildman–Crippen MR) is 73.3 cm³/mol. The maximum Gasteiger partial charge on any atom is 0.256 e. The average Bonchev–Trinajstić information content (AvgIpc) is 2.85. The van der Waals surface area contributed by atoms with Crippen LogP contribution in [0.5, 0.6) is 0 Å². The third-order valence-electron chi connectivity index (χ3n) is 3.29. The van der Waals surface area contributed by atoms with Gasteiger partial charge in [-0.2, -0.15) is 4.37 Å². The molecule has 2 heterocycles. The summed E-state index contributed by atoms with van der Waals surface area (Å²) in [4.78, 5) is 27.4. The summed E-state index contributed by atoms with van der Waals surface area (Å²) in [5.41, 5.74) is 1.49. The van der Waals surface area contributed by atoms with Gasteiger partial charge in [-0.25, -0.2) is 0 Å². The van der Waals surface area contributed by atoms with Crippen molar-refractivity contribution in [2.45, 2.75) is 6.92 Å². The minimum Gasteiger partial charge on any atom is -0.358 e. The van der Waals surface area contributed by atoms with Crippen LogP contribution in [-0.4, -0.2) is 65.8 Å². The SMILES string of the molecule is CNC(=O)CN1CCN(C(=O)c2csnc2C)CC1. The van der Waals surface area contributed by atoms with Crippen LogP contribution in [0, 0.1) is 6.92 Å². The van der Waals surface area contributed by atoms with E-state index in [0.29, 0.717) is 25.2 Å². The fourth-order valence-corrected chi connectivity index (χ4v) is 2.75. The molecule has 7 heteroatoms. The Morgan fingerprint density at radius 2 is 2.05 bits per heavy atom. The predicted octanol–water partition coefficient (Wildman–Crippen LogP) is -0.0447. The zero-order valence-electron chi connectivity index (χ0n) is 11.2. The Morgan fingerprint density at radius 3 is 2.58 bits per heavy atom. The highest BCUT2D eigenvalue weighted by Gasteiger charge is 2.24. The molecule has 1 aromatic heterocycles. The van der Waals surface area contributed by atoms with Crippen molar-refractivity contribution >= 4 is 23.3 Å². The van der Waals surface area contributed by atoms with E-state index in [4.69, 9.17) is 0 Å². The van der Waals surface area contributed by atoms with Crippen LogP contribution in [0.15, 0.2) is 5.38 Å². The normalized spacial score (nSPS) is 16.4. The van der Waals surface area contributed by atoms with E-state index in [0.717, 1.165) is 18.8 Å². The van der Waals surface area contributed by atoms with Gasteiger partial charge in [0.2, 0.25) is 5.91 Å². The Hall–Kier alpha value is -1.47. The van der Waals surface area contributed by atoms with Gasteiger partial charge in [-0.3, -0.25) is 14.5 Å².